The Bertz CT molecular complexity index is 1170. The molecule has 1 unspecified atom stereocenters. The molecule has 2 N–H and O–H groups in total. The molecule has 2 aromatic heterocycles. The van der Waals surface area contributed by atoms with Gasteiger partial charge in [-0.3, -0.25) is 14.5 Å². The number of carbonyl (C=O) groups excluding carboxylic acids is 3. The fourth-order valence-corrected chi connectivity index (χ4v) is 3.91. The number of rotatable bonds is 6. The van der Waals surface area contributed by atoms with Crippen LogP contribution in [0.15, 0.2) is 41.0 Å². The van der Waals surface area contributed by atoms with Gasteiger partial charge in [-0.2, -0.15) is 0 Å². The first-order valence-electron chi connectivity index (χ1n) is 10.7. The Balaban J connectivity index is 1.47. The van der Waals surface area contributed by atoms with Crippen LogP contribution < -0.4 is 5.32 Å². The van der Waals surface area contributed by atoms with Crippen molar-refractivity contribution in [1.82, 2.24) is 14.8 Å². The number of anilines is 1. The minimum absolute atomic E-state index is 0.0619. The van der Waals surface area contributed by atoms with Crippen LogP contribution in [0.2, 0.25) is 0 Å². The lowest BCUT2D eigenvalue weighted by molar-refractivity contribution is -0.121. The highest BCUT2D eigenvalue weighted by Crippen LogP contribution is 2.29. The number of furan rings is 1. The van der Waals surface area contributed by atoms with E-state index in [1.165, 1.54) is 24.5 Å². The summed E-state index contributed by atoms with van der Waals surface area (Å²) in [5, 5.41) is 3.16. The van der Waals surface area contributed by atoms with Crippen molar-refractivity contribution >= 4 is 34.4 Å². The van der Waals surface area contributed by atoms with Gasteiger partial charge in [0, 0.05) is 37.1 Å². The van der Waals surface area contributed by atoms with Crippen molar-refractivity contribution in [2.24, 2.45) is 0 Å². The number of aromatic amines is 1. The molecule has 2 amide bonds. The van der Waals surface area contributed by atoms with Crippen molar-refractivity contribution in [2.75, 3.05) is 38.1 Å². The van der Waals surface area contributed by atoms with Gasteiger partial charge in [-0.25, -0.2) is 9.18 Å². The molecule has 0 spiro atoms. The van der Waals surface area contributed by atoms with Crippen molar-refractivity contribution in [3.8, 4) is 0 Å². The third kappa shape index (κ3) is 4.61. The van der Waals surface area contributed by atoms with Crippen LogP contribution in [0.1, 0.15) is 34.9 Å². The van der Waals surface area contributed by atoms with E-state index in [-0.39, 0.29) is 35.6 Å². The van der Waals surface area contributed by atoms with Crippen LogP contribution in [0.3, 0.4) is 0 Å². The van der Waals surface area contributed by atoms with Gasteiger partial charge in [0.15, 0.2) is 5.76 Å². The van der Waals surface area contributed by atoms with Gasteiger partial charge in [0.1, 0.15) is 11.5 Å². The number of fused-ring (bicyclic) bond motifs is 1. The molecule has 4 rings (SSSR count). The van der Waals surface area contributed by atoms with Crippen LogP contribution in [0.5, 0.6) is 0 Å². The van der Waals surface area contributed by atoms with Crippen LogP contribution in [0, 0.1) is 5.82 Å². The normalized spacial score (nSPS) is 15.4. The third-order valence-electron chi connectivity index (χ3n) is 5.75. The third-order valence-corrected chi connectivity index (χ3v) is 5.75. The molecule has 0 saturated carbocycles. The summed E-state index contributed by atoms with van der Waals surface area (Å²) in [5.74, 6) is -1.37. The van der Waals surface area contributed by atoms with E-state index >= 15 is 0 Å². The summed E-state index contributed by atoms with van der Waals surface area (Å²) in [7, 11) is 0. The monoisotopic (exact) mass is 456 g/mol. The Kier molecular flexibility index (Phi) is 6.45. The van der Waals surface area contributed by atoms with E-state index in [0.29, 0.717) is 37.1 Å². The first kappa shape index (κ1) is 22.5. The molecule has 1 saturated heterocycles. The van der Waals surface area contributed by atoms with Crippen molar-refractivity contribution in [1.29, 1.82) is 0 Å². The minimum Gasteiger partial charge on any atom is -0.461 e. The lowest BCUT2D eigenvalue weighted by Gasteiger charge is -2.37. The number of nitrogens with one attached hydrogen (secondary N) is 2. The fraction of sp³-hybridized carbons (Fsp3) is 0.348. The van der Waals surface area contributed by atoms with Crippen LogP contribution in [0.25, 0.3) is 10.9 Å². The van der Waals surface area contributed by atoms with Gasteiger partial charge < -0.3 is 24.4 Å². The van der Waals surface area contributed by atoms with E-state index in [1.54, 1.807) is 30.9 Å². The molecule has 1 aliphatic heterocycles. The highest BCUT2D eigenvalue weighted by Gasteiger charge is 2.30. The smallest absolute Gasteiger partial charge is 0.356 e. The summed E-state index contributed by atoms with van der Waals surface area (Å²) in [4.78, 5) is 44.5. The van der Waals surface area contributed by atoms with Gasteiger partial charge in [0.05, 0.1) is 24.6 Å². The van der Waals surface area contributed by atoms with Gasteiger partial charge in [0.25, 0.3) is 5.91 Å². The van der Waals surface area contributed by atoms with Crippen LogP contribution in [-0.2, 0) is 9.53 Å². The van der Waals surface area contributed by atoms with E-state index in [9.17, 15) is 18.8 Å². The second kappa shape index (κ2) is 9.45. The van der Waals surface area contributed by atoms with Crippen molar-refractivity contribution in [3.63, 3.8) is 0 Å². The summed E-state index contributed by atoms with van der Waals surface area (Å²) in [6.45, 7) is 5.47. The van der Waals surface area contributed by atoms with Gasteiger partial charge in [-0.05, 0) is 44.2 Å². The lowest BCUT2D eigenvalue weighted by atomic mass is 10.1. The summed E-state index contributed by atoms with van der Waals surface area (Å²) in [6.07, 6.45) is 1.46. The van der Waals surface area contributed by atoms with E-state index in [2.05, 4.69) is 10.3 Å². The Hall–Kier alpha value is -3.66. The number of nitrogens with zero attached hydrogens (tertiary/aromatic N) is 2. The maximum Gasteiger partial charge on any atom is 0.356 e. The molecule has 1 atom stereocenters. The molecular weight excluding hydrogens is 431 g/mol. The van der Waals surface area contributed by atoms with E-state index in [4.69, 9.17) is 9.15 Å². The quantitative estimate of drug-likeness (QED) is 0.553. The summed E-state index contributed by atoms with van der Waals surface area (Å²) < 4.78 is 24.1. The fourth-order valence-electron chi connectivity index (χ4n) is 3.91. The number of amides is 2. The SMILES string of the molecule is CCOC(=O)c1[nH]c2ccc(F)cc2c1NC(=O)C(C)N1CCN(C(=O)c2ccco2)CC1. The van der Waals surface area contributed by atoms with Crippen molar-refractivity contribution in [2.45, 2.75) is 19.9 Å². The summed E-state index contributed by atoms with van der Waals surface area (Å²) in [5.41, 5.74) is 0.755. The number of hydrogen-bond acceptors (Lipinski definition) is 6. The number of piperazine rings is 1. The van der Waals surface area contributed by atoms with Crippen LogP contribution >= 0.6 is 0 Å². The molecule has 0 radical (unpaired) electrons. The molecule has 9 nitrogen and oxygen atoms in total. The van der Waals surface area contributed by atoms with Crippen molar-refractivity contribution < 1.29 is 27.9 Å². The highest BCUT2D eigenvalue weighted by molar-refractivity contribution is 6.11. The standard InChI is InChI=1S/C23H25FN4O5/c1-3-32-23(31)20-19(16-13-15(24)6-7-17(16)25-20)26-21(29)14(2)27-8-10-28(11-9-27)22(30)18-5-4-12-33-18/h4-7,12-14,25H,3,8-11H2,1-2H3,(H,26,29). The van der Waals surface area contributed by atoms with E-state index in [1.807, 2.05) is 4.90 Å². The number of hydrogen-bond donors (Lipinski definition) is 2. The Labute approximate surface area is 189 Å². The second-order valence-electron chi connectivity index (χ2n) is 7.76. The molecule has 3 aromatic rings. The molecule has 10 heteroatoms. The van der Waals surface area contributed by atoms with Gasteiger partial charge >= 0.3 is 5.97 Å². The topological polar surface area (TPSA) is 108 Å². The molecule has 1 aromatic carbocycles. The number of benzene rings is 1. The van der Waals surface area contributed by atoms with Gasteiger partial charge in [-0.1, -0.05) is 0 Å². The molecule has 0 bridgehead atoms. The first-order valence-corrected chi connectivity index (χ1v) is 10.7. The maximum atomic E-state index is 13.9. The molecule has 1 aliphatic rings. The Morgan fingerprint density at radius 1 is 1.21 bits per heavy atom. The molecule has 1 fully saturated rings. The highest BCUT2D eigenvalue weighted by atomic mass is 19.1. The average Bonchev–Trinajstić information content (AvgIpc) is 3.47. The van der Waals surface area contributed by atoms with Gasteiger partial charge in [0.2, 0.25) is 5.91 Å². The number of aromatic nitrogens is 1. The van der Waals surface area contributed by atoms with E-state index < -0.39 is 17.8 Å². The zero-order valence-corrected chi connectivity index (χ0v) is 18.4. The van der Waals surface area contributed by atoms with E-state index in [0.717, 1.165) is 0 Å². The number of H-pyrrole nitrogens is 1. The number of ether oxygens (including phenoxy) is 1. The Morgan fingerprint density at radius 3 is 2.64 bits per heavy atom. The minimum atomic E-state index is -0.637. The maximum absolute atomic E-state index is 13.9. The summed E-state index contributed by atoms with van der Waals surface area (Å²) >= 11 is 0. The van der Waals surface area contributed by atoms with Gasteiger partial charge in [-0.15, -0.1) is 0 Å². The zero-order chi connectivity index (χ0) is 23.5. The molecule has 33 heavy (non-hydrogen) atoms. The predicted octanol–water partition coefficient (Wildman–Crippen LogP) is 2.86. The molecule has 174 valence electrons. The summed E-state index contributed by atoms with van der Waals surface area (Å²) in [6, 6.07) is 6.77. The lowest BCUT2D eigenvalue weighted by Crippen LogP contribution is -2.54. The van der Waals surface area contributed by atoms with Crippen molar-refractivity contribution in [3.05, 3.63) is 53.9 Å². The molecular formula is C23H25FN4O5. The number of halogens is 1. The zero-order valence-electron chi connectivity index (χ0n) is 18.4. The first-order chi connectivity index (χ1) is 15.9. The molecule has 3 heterocycles. The predicted molar refractivity (Wildman–Crippen MR) is 118 cm³/mol. The average molecular weight is 456 g/mol. The number of esters is 1. The van der Waals surface area contributed by atoms with Crippen LogP contribution in [0.4, 0.5) is 10.1 Å². The van der Waals surface area contributed by atoms with Crippen LogP contribution in [-0.4, -0.2) is 71.4 Å². The molecule has 0 aliphatic carbocycles. The second-order valence-corrected chi connectivity index (χ2v) is 7.76. The Morgan fingerprint density at radius 2 is 1.97 bits per heavy atom. The largest absolute Gasteiger partial charge is 0.461 e. The number of carbonyl (C=O) groups is 3.